The van der Waals surface area contributed by atoms with Crippen LogP contribution in [0.4, 0.5) is 0 Å². The van der Waals surface area contributed by atoms with Crippen molar-refractivity contribution in [3.8, 4) is 0 Å². The van der Waals surface area contributed by atoms with Crippen molar-refractivity contribution in [2.75, 3.05) is 13.2 Å². The van der Waals surface area contributed by atoms with Crippen LogP contribution >= 0.6 is 0 Å². The van der Waals surface area contributed by atoms with Crippen molar-refractivity contribution in [3.63, 3.8) is 0 Å². The van der Waals surface area contributed by atoms with Crippen molar-refractivity contribution in [1.82, 2.24) is 5.32 Å². The fraction of sp³-hybridized carbons (Fsp3) is 0.882. The van der Waals surface area contributed by atoms with Gasteiger partial charge in [0.2, 0.25) is 5.91 Å². The van der Waals surface area contributed by atoms with Gasteiger partial charge in [-0.05, 0) is 64.2 Å². The summed E-state index contributed by atoms with van der Waals surface area (Å²) < 4.78 is 5.34. The summed E-state index contributed by atoms with van der Waals surface area (Å²) in [4.78, 5) is 24.1. The second kappa shape index (κ2) is 67.2. The Balaban J connectivity index is 0. The summed E-state index contributed by atoms with van der Waals surface area (Å²) in [6, 6.07) is -0.615. The third kappa shape index (κ3) is 64.4. The zero-order valence-corrected chi connectivity index (χ0v) is 50.4. The first-order valence-corrected chi connectivity index (χ1v) is 33.2. The smallest absolute Gasteiger partial charge is 0.305 e. The summed E-state index contributed by atoms with van der Waals surface area (Å²) in [6.45, 7) is 9.42. The van der Waals surface area contributed by atoms with Crippen LogP contribution in [-0.4, -0.2) is 47.4 Å². The number of esters is 1. The maximum atomic E-state index is 12.3. The van der Waals surface area contributed by atoms with E-state index in [0.29, 0.717) is 19.4 Å². The molecule has 6 heteroatoms. The zero-order chi connectivity index (χ0) is 54.2. The molecule has 6 nitrogen and oxygen atoms in total. The number of carbonyl (C=O) groups excluding carboxylic acids is 2. The monoisotopic (exact) mass is 1040 g/mol. The number of aliphatic hydroxyl groups is 2. The minimum absolute atomic E-state index is 0.00154. The summed E-state index contributed by atoms with van der Waals surface area (Å²) >= 11 is 0. The van der Waals surface area contributed by atoms with Crippen molar-refractivity contribution in [3.05, 3.63) is 36.5 Å². The SMILES string of the molecule is CCCCC/C=C\C/C=C\CCCCCCCC(=O)OCCCCCCCCC.CCCCCCCCCCCCC/C=C/C(O)C(CO)NC(=O)CCCCCCCCCCCCCCCCCCCCCC. The van der Waals surface area contributed by atoms with Gasteiger partial charge in [-0.15, -0.1) is 0 Å². The fourth-order valence-corrected chi connectivity index (χ4v) is 9.75. The number of aliphatic hydroxyl groups excluding tert-OH is 2. The molecule has 0 spiro atoms. The van der Waals surface area contributed by atoms with E-state index in [2.05, 4.69) is 57.3 Å². The van der Waals surface area contributed by atoms with Gasteiger partial charge in [0, 0.05) is 12.8 Å². The van der Waals surface area contributed by atoms with Gasteiger partial charge in [0.25, 0.3) is 0 Å². The molecular formula is C68H131NO5. The van der Waals surface area contributed by atoms with E-state index >= 15 is 0 Å². The molecule has 2 atom stereocenters. The second-order valence-electron chi connectivity index (χ2n) is 22.4. The highest BCUT2D eigenvalue weighted by Crippen LogP contribution is 2.17. The first-order valence-electron chi connectivity index (χ1n) is 33.2. The van der Waals surface area contributed by atoms with Crippen LogP contribution in [0.25, 0.3) is 0 Å². The van der Waals surface area contributed by atoms with Crippen molar-refractivity contribution >= 4 is 11.9 Å². The molecule has 0 aromatic heterocycles. The number of rotatable bonds is 59. The molecule has 2 unspecified atom stereocenters. The molecule has 74 heavy (non-hydrogen) atoms. The maximum Gasteiger partial charge on any atom is 0.305 e. The highest BCUT2D eigenvalue weighted by atomic mass is 16.5. The van der Waals surface area contributed by atoms with E-state index in [1.54, 1.807) is 6.08 Å². The molecule has 0 rings (SSSR count). The fourth-order valence-electron chi connectivity index (χ4n) is 9.75. The summed E-state index contributed by atoms with van der Waals surface area (Å²) in [5.41, 5.74) is 0. The van der Waals surface area contributed by atoms with Crippen LogP contribution in [0.1, 0.15) is 362 Å². The first kappa shape index (κ1) is 74.2. The highest BCUT2D eigenvalue weighted by Gasteiger charge is 2.18. The molecular weight excluding hydrogens is 911 g/mol. The van der Waals surface area contributed by atoms with Gasteiger partial charge in [-0.2, -0.15) is 0 Å². The van der Waals surface area contributed by atoms with Crippen LogP contribution < -0.4 is 5.32 Å². The minimum atomic E-state index is -0.832. The molecule has 0 heterocycles. The quantitative estimate of drug-likeness (QED) is 0.0320. The number of hydrogen-bond acceptors (Lipinski definition) is 5. The van der Waals surface area contributed by atoms with E-state index in [-0.39, 0.29) is 18.5 Å². The van der Waals surface area contributed by atoms with Gasteiger partial charge in [-0.25, -0.2) is 0 Å². The lowest BCUT2D eigenvalue weighted by molar-refractivity contribution is -0.143. The lowest BCUT2D eigenvalue weighted by Crippen LogP contribution is -2.45. The number of unbranched alkanes of at least 4 members (excludes halogenated alkanes) is 44. The Kier molecular flexibility index (Phi) is 67.3. The summed E-state index contributed by atoms with van der Waals surface area (Å²) in [7, 11) is 0. The number of hydrogen-bond donors (Lipinski definition) is 3. The third-order valence-corrected chi connectivity index (χ3v) is 14.9. The predicted octanol–water partition coefficient (Wildman–Crippen LogP) is 21.4. The predicted molar refractivity (Wildman–Crippen MR) is 326 cm³/mol. The first-order chi connectivity index (χ1) is 36.5. The maximum absolute atomic E-state index is 12.3. The van der Waals surface area contributed by atoms with E-state index in [4.69, 9.17) is 4.74 Å². The number of amides is 1. The largest absolute Gasteiger partial charge is 0.466 e. The molecule has 0 bridgehead atoms. The average Bonchev–Trinajstić information content (AvgIpc) is 3.40. The average molecular weight is 1040 g/mol. The number of nitrogens with one attached hydrogen (secondary N) is 1. The summed E-state index contributed by atoms with van der Waals surface area (Å²) in [6.07, 6.45) is 77.9. The Bertz CT molecular complexity index is 1170. The molecule has 0 aliphatic rings. The van der Waals surface area contributed by atoms with Crippen LogP contribution in [-0.2, 0) is 14.3 Å². The molecule has 0 aromatic rings. The van der Waals surface area contributed by atoms with Gasteiger partial charge in [0.05, 0.1) is 25.4 Å². The summed E-state index contributed by atoms with van der Waals surface area (Å²) in [5, 5.41) is 22.9. The third-order valence-electron chi connectivity index (χ3n) is 14.9. The van der Waals surface area contributed by atoms with E-state index in [0.717, 1.165) is 51.4 Å². The van der Waals surface area contributed by atoms with E-state index in [1.165, 1.54) is 270 Å². The molecule has 0 aliphatic carbocycles. The number of ether oxygens (including phenoxy) is 1. The molecule has 0 saturated carbocycles. The standard InChI is InChI=1S/C41H81NO3.C27H50O2/c1-3-5-7-9-11-13-15-17-18-19-20-21-22-23-25-27-29-31-33-35-37-41(45)42-39(38-43)40(44)36-34-32-30-28-26-24-16-14-12-10-8-6-4-2;1-3-5-7-9-11-12-13-14-15-16-17-18-19-21-23-25-27(28)29-26-24-22-20-10-8-6-4-2/h34,36,39-40,43-44H,3-33,35,37-38H2,1-2H3,(H,42,45);11-12,14-15H,3-10,13,16-26H2,1-2H3/b36-34+;12-11-,15-14-. The Morgan fingerprint density at radius 1 is 0.378 bits per heavy atom. The van der Waals surface area contributed by atoms with Crippen LogP contribution in [0, 0.1) is 0 Å². The zero-order valence-electron chi connectivity index (χ0n) is 50.4. The normalized spacial score (nSPS) is 12.5. The van der Waals surface area contributed by atoms with E-state index < -0.39 is 12.1 Å². The van der Waals surface area contributed by atoms with Gasteiger partial charge in [-0.3, -0.25) is 9.59 Å². The highest BCUT2D eigenvalue weighted by molar-refractivity contribution is 5.76. The minimum Gasteiger partial charge on any atom is -0.466 e. The molecule has 0 radical (unpaired) electrons. The van der Waals surface area contributed by atoms with E-state index in [1.807, 2.05) is 6.08 Å². The lowest BCUT2D eigenvalue weighted by Gasteiger charge is -2.20. The number of allylic oxidation sites excluding steroid dienone is 5. The van der Waals surface area contributed by atoms with Crippen molar-refractivity contribution in [2.45, 2.75) is 374 Å². The molecule has 0 saturated heterocycles. The Hall–Kier alpha value is -1.92. The van der Waals surface area contributed by atoms with Crippen LogP contribution in [0.3, 0.4) is 0 Å². The van der Waals surface area contributed by atoms with Gasteiger partial charge in [0.1, 0.15) is 0 Å². The van der Waals surface area contributed by atoms with Gasteiger partial charge in [0.15, 0.2) is 0 Å². The van der Waals surface area contributed by atoms with Gasteiger partial charge < -0.3 is 20.3 Å². The van der Waals surface area contributed by atoms with Crippen molar-refractivity contribution in [1.29, 1.82) is 0 Å². The van der Waals surface area contributed by atoms with Gasteiger partial charge >= 0.3 is 5.97 Å². The molecule has 0 aliphatic heterocycles. The van der Waals surface area contributed by atoms with Crippen molar-refractivity contribution in [2.24, 2.45) is 0 Å². The van der Waals surface area contributed by atoms with Gasteiger partial charge in [-0.1, -0.05) is 321 Å². The molecule has 438 valence electrons. The Labute approximate surface area is 463 Å². The Morgan fingerprint density at radius 3 is 1.05 bits per heavy atom. The molecule has 0 aromatic carbocycles. The van der Waals surface area contributed by atoms with Crippen molar-refractivity contribution < 1.29 is 24.5 Å². The second-order valence-corrected chi connectivity index (χ2v) is 22.4. The lowest BCUT2D eigenvalue weighted by atomic mass is 10.0. The molecule has 0 fully saturated rings. The Morgan fingerprint density at radius 2 is 0.676 bits per heavy atom. The number of carbonyl (C=O) groups is 2. The van der Waals surface area contributed by atoms with E-state index in [9.17, 15) is 19.8 Å². The topological polar surface area (TPSA) is 95.9 Å². The van der Waals surface area contributed by atoms with Crippen LogP contribution in [0.2, 0.25) is 0 Å². The van der Waals surface area contributed by atoms with Crippen LogP contribution in [0.15, 0.2) is 36.5 Å². The van der Waals surface area contributed by atoms with Crippen LogP contribution in [0.5, 0.6) is 0 Å². The molecule has 1 amide bonds. The summed E-state index contributed by atoms with van der Waals surface area (Å²) in [5.74, 6) is -0.0593. The molecule has 3 N–H and O–H groups in total.